The lowest BCUT2D eigenvalue weighted by Gasteiger charge is -2.26. The van der Waals surface area contributed by atoms with Crippen LogP contribution in [0.3, 0.4) is 0 Å². The van der Waals surface area contributed by atoms with E-state index in [-0.39, 0.29) is 6.09 Å². The number of carbonyl (C=O) groups is 1. The molecule has 1 aliphatic rings. The maximum atomic E-state index is 12.0. The van der Waals surface area contributed by atoms with E-state index in [0.717, 1.165) is 25.1 Å². The van der Waals surface area contributed by atoms with Crippen LogP contribution < -0.4 is 0 Å². The molecule has 5 heteroatoms. The highest BCUT2D eigenvalue weighted by Crippen LogP contribution is 2.18. The van der Waals surface area contributed by atoms with Crippen molar-refractivity contribution in [2.45, 2.75) is 45.8 Å². The van der Waals surface area contributed by atoms with Gasteiger partial charge in [-0.15, -0.1) is 0 Å². The van der Waals surface area contributed by atoms with Gasteiger partial charge in [0.1, 0.15) is 5.60 Å². The summed E-state index contributed by atoms with van der Waals surface area (Å²) in [5, 5.41) is 6.96. The van der Waals surface area contributed by atoms with Gasteiger partial charge < -0.3 is 9.64 Å². The number of aromatic amines is 1. The highest BCUT2D eigenvalue weighted by atomic mass is 16.6. The predicted molar refractivity (Wildman–Crippen MR) is 63.6 cm³/mol. The molecular formula is C12H19N3O2. The fourth-order valence-corrected chi connectivity index (χ4v) is 1.90. The van der Waals surface area contributed by atoms with Gasteiger partial charge in [0.2, 0.25) is 0 Å². The lowest BCUT2D eigenvalue weighted by atomic mass is 10.2. The minimum Gasteiger partial charge on any atom is -0.444 e. The van der Waals surface area contributed by atoms with Crippen molar-refractivity contribution in [1.29, 1.82) is 0 Å². The summed E-state index contributed by atoms with van der Waals surface area (Å²) in [6, 6.07) is 0. The molecule has 0 radical (unpaired) electrons. The number of fused-ring (bicyclic) bond motifs is 1. The molecule has 1 aliphatic heterocycles. The number of aromatic nitrogens is 2. The largest absolute Gasteiger partial charge is 0.444 e. The highest BCUT2D eigenvalue weighted by Gasteiger charge is 2.24. The van der Waals surface area contributed by atoms with Crippen molar-refractivity contribution in [3.8, 4) is 0 Å². The molecule has 1 amide bonds. The SMILES string of the molecule is CC(C)(C)OC(=O)N1CCCc2cn[nH]c2C1. The van der Waals surface area contributed by atoms with E-state index in [4.69, 9.17) is 4.74 Å². The molecule has 0 fully saturated rings. The van der Waals surface area contributed by atoms with Crippen LogP contribution in [0, 0.1) is 0 Å². The van der Waals surface area contributed by atoms with Crippen molar-refractivity contribution in [2.24, 2.45) is 0 Å². The summed E-state index contributed by atoms with van der Waals surface area (Å²) in [6.45, 7) is 6.93. The molecule has 1 aromatic rings. The van der Waals surface area contributed by atoms with Crippen LogP contribution in [0.15, 0.2) is 6.20 Å². The minimum absolute atomic E-state index is 0.250. The van der Waals surface area contributed by atoms with Gasteiger partial charge in [-0.25, -0.2) is 4.79 Å². The first kappa shape index (κ1) is 12.0. The number of hydrogen-bond donors (Lipinski definition) is 1. The van der Waals surface area contributed by atoms with E-state index in [1.54, 1.807) is 4.90 Å². The zero-order valence-electron chi connectivity index (χ0n) is 10.6. The van der Waals surface area contributed by atoms with Crippen LogP contribution in [0.5, 0.6) is 0 Å². The molecule has 0 bridgehead atoms. The van der Waals surface area contributed by atoms with E-state index in [1.165, 1.54) is 5.56 Å². The number of amides is 1. The molecular weight excluding hydrogens is 218 g/mol. The summed E-state index contributed by atoms with van der Waals surface area (Å²) in [7, 11) is 0. The monoisotopic (exact) mass is 237 g/mol. The van der Waals surface area contributed by atoms with Crippen LogP contribution in [0.1, 0.15) is 38.4 Å². The van der Waals surface area contributed by atoms with Crippen LogP contribution in [-0.4, -0.2) is 33.3 Å². The standard InChI is InChI=1S/C12H19N3O2/c1-12(2,3)17-11(16)15-6-4-5-9-7-13-14-10(9)8-15/h7H,4-6,8H2,1-3H3,(H,13,14). The Kier molecular flexibility index (Phi) is 3.09. The van der Waals surface area contributed by atoms with Crippen molar-refractivity contribution in [3.05, 3.63) is 17.5 Å². The van der Waals surface area contributed by atoms with Gasteiger partial charge in [0.25, 0.3) is 0 Å². The topological polar surface area (TPSA) is 58.2 Å². The lowest BCUT2D eigenvalue weighted by molar-refractivity contribution is 0.0234. The second kappa shape index (κ2) is 4.39. The van der Waals surface area contributed by atoms with E-state index in [1.807, 2.05) is 27.0 Å². The van der Waals surface area contributed by atoms with Crippen molar-refractivity contribution in [3.63, 3.8) is 0 Å². The van der Waals surface area contributed by atoms with Crippen LogP contribution in [-0.2, 0) is 17.7 Å². The summed E-state index contributed by atoms with van der Waals surface area (Å²) in [5.41, 5.74) is 1.78. The molecule has 1 N–H and O–H groups in total. The number of aryl methyl sites for hydroxylation is 1. The maximum Gasteiger partial charge on any atom is 0.410 e. The number of rotatable bonds is 0. The molecule has 0 saturated heterocycles. The molecule has 0 aromatic carbocycles. The molecule has 94 valence electrons. The molecule has 2 rings (SSSR count). The quantitative estimate of drug-likeness (QED) is 0.751. The number of carbonyl (C=O) groups excluding carboxylic acids is 1. The molecule has 0 saturated carbocycles. The first-order chi connectivity index (χ1) is 7.96. The summed E-state index contributed by atoms with van der Waals surface area (Å²) in [6.07, 6.45) is 3.50. The predicted octanol–water partition coefficient (Wildman–Crippen LogP) is 2.09. The van der Waals surface area contributed by atoms with Crippen molar-refractivity contribution in [2.75, 3.05) is 6.54 Å². The van der Waals surface area contributed by atoms with Gasteiger partial charge in [-0.3, -0.25) is 5.10 Å². The molecule has 17 heavy (non-hydrogen) atoms. The molecule has 0 atom stereocenters. The number of nitrogens with one attached hydrogen (secondary N) is 1. The van der Waals surface area contributed by atoms with Crippen LogP contribution in [0.2, 0.25) is 0 Å². The van der Waals surface area contributed by atoms with Gasteiger partial charge in [-0.05, 0) is 39.2 Å². The fourth-order valence-electron chi connectivity index (χ4n) is 1.90. The molecule has 0 aliphatic carbocycles. The molecule has 5 nitrogen and oxygen atoms in total. The van der Waals surface area contributed by atoms with Crippen molar-refractivity contribution in [1.82, 2.24) is 15.1 Å². The van der Waals surface area contributed by atoms with Crippen LogP contribution in [0.25, 0.3) is 0 Å². The summed E-state index contributed by atoms with van der Waals surface area (Å²) in [5.74, 6) is 0. The molecule has 0 unspecified atom stereocenters. The van der Waals surface area contributed by atoms with E-state index in [2.05, 4.69) is 10.2 Å². The summed E-state index contributed by atoms with van der Waals surface area (Å²) in [4.78, 5) is 13.7. The average molecular weight is 237 g/mol. The Morgan fingerprint density at radius 2 is 2.29 bits per heavy atom. The third-order valence-corrected chi connectivity index (χ3v) is 2.68. The molecule has 1 aromatic heterocycles. The van der Waals surface area contributed by atoms with Gasteiger partial charge in [-0.2, -0.15) is 5.10 Å². The maximum absolute atomic E-state index is 12.0. The van der Waals surface area contributed by atoms with E-state index < -0.39 is 5.60 Å². The van der Waals surface area contributed by atoms with Gasteiger partial charge in [0, 0.05) is 6.54 Å². The summed E-state index contributed by atoms with van der Waals surface area (Å²) >= 11 is 0. The van der Waals surface area contributed by atoms with Crippen molar-refractivity contribution < 1.29 is 9.53 Å². The van der Waals surface area contributed by atoms with E-state index in [9.17, 15) is 4.79 Å². The third kappa shape index (κ3) is 2.99. The number of hydrogen-bond acceptors (Lipinski definition) is 3. The first-order valence-electron chi connectivity index (χ1n) is 5.95. The Morgan fingerprint density at radius 3 is 3.00 bits per heavy atom. The Balaban J connectivity index is 2.06. The number of nitrogens with zero attached hydrogens (tertiary/aromatic N) is 2. The minimum atomic E-state index is -0.444. The van der Waals surface area contributed by atoms with Gasteiger partial charge >= 0.3 is 6.09 Å². The van der Waals surface area contributed by atoms with Gasteiger partial charge in [0.15, 0.2) is 0 Å². The Morgan fingerprint density at radius 1 is 1.53 bits per heavy atom. The van der Waals surface area contributed by atoms with E-state index >= 15 is 0 Å². The Labute approximate surface area is 101 Å². The smallest absolute Gasteiger partial charge is 0.410 e. The highest BCUT2D eigenvalue weighted by molar-refractivity contribution is 5.68. The lowest BCUT2D eigenvalue weighted by Crippen LogP contribution is -2.36. The Hall–Kier alpha value is -1.52. The zero-order chi connectivity index (χ0) is 12.5. The summed E-state index contributed by atoms with van der Waals surface area (Å²) < 4.78 is 5.38. The average Bonchev–Trinajstić information content (AvgIpc) is 2.53. The third-order valence-electron chi connectivity index (χ3n) is 2.68. The first-order valence-corrected chi connectivity index (χ1v) is 5.95. The normalized spacial score (nSPS) is 16.3. The number of H-pyrrole nitrogens is 1. The zero-order valence-corrected chi connectivity index (χ0v) is 10.6. The second-order valence-electron chi connectivity index (χ2n) is 5.38. The van der Waals surface area contributed by atoms with Crippen LogP contribution in [0.4, 0.5) is 4.79 Å². The fraction of sp³-hybridized carbons (Fsp3) is 0.667. The molecule has 2 heterocycles. The van der Waals surface area contributed by atoms with E-state index in [0.29, 0.717) is 6.54 Å². The molecule has 0 spiro atoms. The van der Waals surface area contributed by atoms with Crippen molar-refractivity contribution >= 4 is 6.09 Å². The second-order valence-corrected chi connectivity index (χ2v) is 5.38. The number of ether oxygens (including phenoxy) is 1. The van der Waals surface area contributed by atoms with Gasteiger partial charge in [-0.1, -0.05) is 0 Å². The van der Waals surface area contributed by atoms with Gasteiger partial charge in [0.05, 0.1) is 18.4 Å². The Bertz CT molecular complexity index is 406. The van der Waals surface area contributed by atoms with Crippen LogP contribution >= 0.6 is 0 Å².